The molecule has 0 aliphatic carbocycles. The van der Waals surface area contributed by atoms with E-state index in [1.165, 1.54) is 0 Å². The summed E-state index contributed by atoms with van der Waals surface area (Å²) in [6.45, 7) is -0.534. The quantitative estimate of drug-likeness (QED) is 0.485. The van der Waals surface area contributed by atoms with Gasteiger partial charge in [0.05, 0.1) is 6.61 Å². The highest BCUT2D eigenvalue weighted by molar-refractivity contribution is 5.90. The molecular formula is C9H12FN3O5. The van der Waals surface area contributed by atoms with Crippen LogP contribution < -0.4 is 5.73 Å². The third-order valence-electron chi connectivity index (χ3n) is 2.76. The van der Waals surface area contributed by atoms with E-state index in [2.05, 4.69) is 4.98 Å². The highest BCUT2D eigenvalue weighted by Gasteiger charge is 2.44. The third-order valence-corrected chi connectivity index (χ3v) is 2.76. The van der Waals surface area contributed by atoms with E-state index in [4.69, 9.17) is 15.6 Å². The molecule has 1 aliphatic rings. The Morgan fingerprint density at radius 1 is 1.56 bits per heavy atom. The summed E-state index contributed by atoms with van der Waals surface area (Å²) in [4.78, 5) is 14.3. The van der Waals surface area contributed by atoms with E-state index < -0.39 is 48.7 Å². The zero-order chi connectivity index (χ0) is 13.4. The summed E-state index contributed by atoms with van der Waals surface area (Å²) in [5, 5.41) is 28.1. The smallest absolute Gasteiger partial charge is 0.272 e. The minimum atomic E-state index is -1.45. The number of amides is 1. The van der Waals surface area contributed by atoms with Gasteiger partial charge < -0.3 is 25.8 Å². The number of nitrogens with two attached hydrogens (primary N) is 1. The van der Waals surface area contributed by atoms with Crippen molar-refractivity contribution in [3.8, 4) is 0 Å². The summed E-state index contributed by atoms with van der Waals surface area (Å²) in [5.41, 5.74) is 4.30. The van der Waals surface area contributed by atoms with Crippen molar-refractivity contribution < 1.29 is 29.2 Å². The second-order valence-electron chi connectivity index (χ2n) is 3.88. The van der Waals surface area contributed by atoms with Crippen molar-refractivity contribution in [1.82, 2.24) is 9.55 Å². The Kier molecular flexibility index (Phi) is 3.30. The number of ether oxygens (including phenoxy) is 1. The molecule has 1 fully saturated rings. The van der Waals surface area contributed by atoms with Gasteiger partial charge in [-0.15, -0.1) is 0 Å². The summed E-state index contributed by atoms with van der Waals surface area (Å²) < 4.78 is 19.5. The van der Waals surface area contributed by atoms with Crippen LogP contribution in [0.5, 0.6) is 0 Å². The maximum atomic E-state index is 13.7. The lowest BCUT2D eigenvalue weighted by molar-refractivity contribution is -0.0572. The molecule has 1 saturated heterocycles. The molecule has 0 spiro atoms. The van der Waals surface area contributed by atoms with Crippen molar-refractivity contribution in [2.45, 2.75) is 24.5 Å². The van der Waals surface area contributed by atoms with Gasteiger partial charge in [-0.05, 0) is 0 Å². The standard InChI is InChI=1S/C9H12FN3O5/c10-7-4(8(11)17)12-2-13(7)9-6(16)5(15)3(1-14)18-9/h2-3,5-6,9,14-16H,1H2,(H2,11,17)/t3-,5-,6-,9+/m1/s1. The van der Waals surface area contributed by atoms with Gasteiger partial charge in [0, 0.05) is 0 Å². The van der Waals surface area contributed by atoms with Gasteiger partial charge in [0.25, 0.3) is 5.91 Å². The first-order valence-corrected chi connectivity index (χ1v) is 5.12. The first-order chi connectivity index (χ1) is 8.47. The Balaban J connectivity index is 2.30. The number of halogens is 1. The van der Waals surface area contributed by atoms with Crippen LogP contribution in [-0.4, -0.2) is 55.7 Å². The highest BCUT2D eigenvalue weighted by Crippen LogP contribution is 2.30. The van der Waals surface area contributed by atoms with Gasteiger partial charge in [-0.3, -0.25) is 9.36 Å². The number of carbonyl (C=O) groups excluding carboxylic acids is 1. The van der Waals surface area contributed by atoms with Crippen LogP contribution in [-0.2, 0) is 4.74 Å². The zero-order valence-electron chi connectivity index (χ0n) is 9.10. The first kappa shape index (κ1) is 12.9. The van der Waals surface area contributed by atoms with Crippen molar-refractivity contribution in [3.05, 3.63) is 18.0 Å². The van der Waals surface area contributed by atoms with Crippen LogP contribution in [0.25, 0.3) is 0 Å². The Morgan fingerprint density at radius 3 is 2.67 bits per heavy atom. The van der Waals surface area contributed by atoms with Crippen LogP contribution in [0, 0.1) is 5.95 Å². The number of hydrogen-bond acceptors (Lipinski definition) is 6. The number of carbonyl (C=O) groups is 1. The molecule has 0 saturated carbocycles. The molecule has 9 heteroatoms. The fourth-order valence-corrected chi connectivity index (χ4v) is 1.80. The van der Waals surface area contributed by atoms with Gasteiger partial charge in [0.15, 0.2) is 11.9 Å². The minimum Gasteiger partial charge on any atom is -0.394 e. The van der Waals surface area contributed by atoms with Crippen molar-refractivity contribution in [3.63, 3.8) is 0 Å². The summed E-state index contributed by atoms with van der Waals surface area (Å²) >= 11 is 0. The molecule has 2 rings (SSSR count). The number of aromatic nitrogens is 2. The molecule has 0 aromatic carbocycles. The van der Waals surface area contributed by atoms with E-state index in [1.54, 1.807) is 0 Å². The molecule has 2 heterocycles. The van der Waals surface area contributed by atoms with Crippen LogP contribution in [0.1, 0.15) is 16.7 Å². The maximum absolute atomic E-state index is 13.7. The number of aliphatic hydroxyl groups is 3. The SMILES string of the molecule is NC(=O)c1ncn([C@H]2O[C@H](CO)[C@@H](O)[C@H]2O)c1F. The van der Waals surface area contributed by atoms with Crippen molar-refractivity contribution >= 4 is 5.91 Å². The van der Waals surface area contributed by atoms with Gasteiger partial charge in [-0.2, -0.15) is 4.39 Å². The van der Waals surface area contributed by atoms with Gasteiger partial charge >= 0.3 is 0 Å². The van der Waals surface area contributed by atoms with Crippen LogP contribution in [0.3, 0.4) is 0 Å². The maximum Gasteiger partial charge on any atom is 0.272 e. The zero-order valence-corrected chi connectivity index (χ0v) is 9.10. The molecule has 100 valence electrons. The molecule has 8 nitrogen and oxygen atoms in total. The average Bonchev–Trinajstić information content (AvgIpc) is 2.82. The molecule has 1 aliphatic heterocycles. The van der Waals surface area contributed by atoms with Crippen LogP contribution >= 0.6 is 0 Å². The summed E-state index contributed by atoms with van der Waals surface area (Å²) in [7, 11) is 0. The molecule has 5 N–H and O–H groups in total. The molecule has 0 bridgehead atoms. The molecule has 1 aromatic rings. The largest absolute Gasteiger partial charge is 0.394 e. The van der Waals surface area contributed by atoms with Gasteiger partial charge in [0.2, 0.25) is 5.95 Å². The Morgan fingerprint density at radius 2 is 2.22 bits per heavy atom. The van der Waals surface area contributed by atoms with E-state index >= 15 is 0 Å². The Labute approximate surface area is 100 Å². The van der Waals surface area contributed by atoms with Crippen LogP contribution in [0.2, 0.25) is 0 Å². The normalized spacial score (nSPS) is 31.8. The first-order valence-electron chi connectivity index (χ1n) is 5.12. The van der Waals surface area contributed by atoms with Gasteiger partial charge in [-0.25, -0.2) is 4.98 Å². The number of hydrogen-bond donors (Lipinski definition) is 4. The number of imidazole rings is 1. The van der Waals surface area contributed by atoms with E-state index in [-0.39, 0.29) is 0 Å². The molecule has 18 heavy (non-hydrogen) atoms. The monoisotopic (exact) mass is 261 g/mol. The lowest BCUT2D eigenvalue weighted by atomic mass is 10.1. The Hall–Kier alpha value is -1.55. The van der Waals surface area contributed by atoms with Crippen LogP contribution in [0.4, 0.5) is 4.39 Å². The number of rotatable bonds is 3. The van der Waals surface area contributed by atoms with Crippen molar-refractivity contribution in [2.75, 3.05) is 6.61 Å². The molecular weight excluding hydrogens is 249 g/mol. The van der Waals surface area contributed by atoms with Crippen LogP contribution in [0.15, 0.2) is 6.33 Å². The lowest BCUT2D eigenvalue weighted by Crippen LogP contribution is -2.33. The molecule has 0 radical (unpaired) electrons. The topological polar surface area (TPSA) is 131 Å². The van der Waals surface area contributed by atoms with Crippen molar-refractivity contribution in [1.29, 1.82) is 0 Å². The predicted octanol–water partition coefficient (Wildman–Crippen LogP) is -2.27. The van der Waals surface area contributed by atoms with Crippen molar-refractivity contribution in [2.24, 2.45) is 5.73 Å². The number of nitrogens with zero attached hydrogens (tertiary/aromatic N) is 2. The second-order valence-corrected chi connectivity index (χ2v) is 3.88. The van der Waals surface area contributed by atoms with E-state index in [0.29, 0.717) is 0 Å². The number of aliphatic hydroxyl groups excluding tert-OH is 3. The molecule has 1 amide bonds. The summed E-state index contributed by atoms with van der Waals surface area (Å²) in [6, 6.07) is 0. The Bertz CT molecular complexity index is 465. The minimum absolute atomic E-state index is 0.534. The fourth-order valence-electron chi connectivity index (χ4n) is 1.80. The summed E-state index contributed by atoms with van der Waals surface area (Å²) in [5.74, 6) is -2.13. The predicted molar refractivity (Wildman–Crippen MR) is 53.7 cm³/mol. The van der Waals surface area contributed by atoms with Gasteiger partial charge in [-0.1, -0.05) is 0 Å². The van der Waals surface area contributed by atoms with E-state index in [9.17, 15) is 19.4 Å². The fraction of sp³-hybridized carbons (Fsp3) is 0.556. The van der Waals surface area contributed by atoms with Gasteiger partial charge in [0.1, 0.15) is 24.6 Å². The summed E-state index contributed by atoms with van der Waals surface area (Å²) in [6.07, 6.45) is -4.21. The second kappa shape index (κ2) is 4.61. The number of primary amides is 1. The molecule has 1 aromatic heterocycles. The lowest BCUT2D eigenvalue weighted by Gasteiger charge is -2.16. The molecule has 4 atom stereocenters. The average molecular weight is 261 g/mol. The van der Waals surface area contributed by atoms with E-state index in [0.717, 1.165) is 10.9 Å². The highest BCUT2D eigenvalue weighted by atomic mass is 19.1. The third kappa shape index (κ3) is 1.86. The van der Waals surface area contributed by atoms with E-state index in [1.807, 2.05) is 0 Å². The molecule has 0 unspecified atom stereocenters.